The highest BCUT2D eigenvalue weighted by molar-refractivity contribution is 5.70. The molecule has 4 nitrogen and oxygen atoms in total. The van der Waals surface area contributed by atoms with Gasteiger partial charge in [0.1, 0.15) is 5.97 Å². The number of aromatic nitrogens is 2. The molecule has 1 N–H and O–H groups in total. The zero-order valence-corrected chi connectivity index (χ0v) is 7.86. The molecular formula is C9H7F3N2O2. The maximum Gasteiger partial charge on any atom is 0.430 e. The van der Waals surface area contributed by atoms with E-state index >= 15 is 0 Å². The Morgan fingerprint density at radius 3 is 2.44 bits per heavy atom. The van der Waals surface area contributed by atoms with Crippen molar-refractivity contribution in [3.63, 3.8) is 0 Å². The highest BCUT2D eigenvalue weighted by Crippen LogP contribution is 2.11. The Morgan fingerprint density at radius 1 is 1.31 bits per heavy atom. The van der Waals surface area contributed by atoms with Gasteiger partial charge < -0.3 is 9.90 Å². The number of aliphatic carboxylic acids is 1. The average Bonchev–Trinajstić information content (AvgIpc) is 2.64. The van der Waals surface area contributed by atoms with Crippen LogP contribution in [0.5, 0.6) is 0 Å². The van der Waals surface area contributed by atoms with E-state index in [9.17, 15) is 13.2 Å². The molecule has 0 aliphatic carbocycles. The first-order valence-electron chi connectivity index (χ1n) is 4.13. The number of carboxylic acids is 1. The van der Waals surface area contributed by atoms with Crippen LogP contribution in [0.4, 0.5) is 13.2 Å². The number of carbonyl (C=O) groups excluding carboxylic acids is 1. The largest absolute Gasteiger partial charge is 0.542 e. The number of hydrogen-bond donors (Lipinski definition) is 1. The topological polar surface area (TPSA) is 60.0 Å². The Kier molecular flexibility index (Phi) is 3.49. The molecule has 0 bridgehead atoms. The summed E-state index contributed by atoms with van der Waals surface area (Å²) in [7, 11) is 0. The Morgan fingerprint density at radius 2 is 1.94 bits per heavy atom. The lowest BCUT2D eigenvalue weighted by molar-refractivity contribution is -0.576. The molecule has 2 aromatic heterocycles. The van der Waals surface area contributed by atoms with Crippen LogP contribution in [0, 0.1) is 0 Å². The first-order chi connectivity index (χ1) is 7.41. The van der Waals surface area contributed by atoms with E-state index in [1.807, 2.05) is 35.1 Å². The summed E-state index contributed by atoms with van der Waals surface area (Å²) in [6, 6.07) is 8.09. The molecule has 0 radical (unpaired) electrons. The summed E-state index contributed by atoms with van der Waals surface area (Å²) in [6.07, 6.45) is -1.30. The first kappa shape index (κ1) is 12.0. The normalized spacial score (nSPS) is 10.7. The van der Waals surface area contributed by atoms with Crippen LogP contribution >= 0.6 is 0 Å². The number of H-pyrrole nitrogens is 1. The smallest absolute Gasteiger partial charge is 0.430 e. The number of carbonyl (C=O) groups is 1. The van der Waals surface area contributed by atoms with Crippen LogP contribution in [-0.2, 0) is 4.79 Å². The molecule has 0 amide bonds. The summed E-state index contributed by atoms with van der Waals surface area (Å²) in [5.41, 5.74) is 1.19. The second kappa shape index (κ2) is 4.65. The van der Waals surface area contributed by atoms with Crippen LogP contribution in [0.3, 0.4) is 0 Å². The van der Waals surface area contributed by atoms with E-state index in [2.05, 4.69) is 11.2 Å². The molecule has 0 unspecified atom stereocenters. The predicted octanol–water partition coefficient (Wildman–Crippen LogP) is 0.0520. The van der Waals surface area contributed by atoms with Crippen LogP contribution in [0.15, 0.2) is 36.7 Å². The number of carboxylic acid groups (broad SMARTS) is 1. The number of halogens is 3. The molecule has 0 saturated heterocycles. The number of nitrogens with one attached hydrogen (secondary N) is 1. The van der Waals surface area contributed by atoms with Crippen molar-refractivity contribution in [2.24, 2.45) is 0 Å². The maximum absolute atomic E-state index is 10.5. The minimum Gasteiger partial charge on any atom is -0.542 e. The Balaban J connectivity index is 0.000000168. The lowest BCUT2D eigenvalue weighted by atomic mass is 10.4. The summed E-state index contributed by atoms with van der Waals surface area (Å²) in [5.74, 6) is -3.01. The molecule has 2 aromatic rings. The van der Waals surface area contributed by atoms with E-state index < -0.39 is 12.1 Å². The zero-order chi connectivity index (χ0) is 12.2. The standard InChI is InChI=1S/C7H6N2.C2HF3O2/c1-2-6-9-7(3-1)4-5-8-9;3-2(4,5)1(6)7/h1-6H;(H,6,7). The summed E-state index contributed by atoms with van der Waals surface area (Å²) >= 11 is 0. The van der Waals surface area contributed by atoms with Gasteiger partial charge in [0.05, 0.1) is 6.20 Å². The molecule has 0 atom stereocenters. The highest BCUT2D eigenvalue weighted by atomic mass is 19.4. The van der Waals surface area contributed by atoms with E-state index in [0.717, 1.165) is 0 Å². The molecule has 7 heteroatoms. The minimum atomic E-state index is -5.19. The van der Waals surface area contributed by atoms with Crippen LogP contribution < -0.4 is 9.62 Å². The van der Waals surface area contributed by atoms with Crippen molar-refractivity contribution in [3.05, 3.63) is 36.7 Å². The molecule has 0 aliphatic heterocycles. The number of rotatable bonds is 0. The summed E-state index contributed by atoms with van der Waals surface area (Å²) in [5, 5.41) is 11.8. The fourth-order valence-corrected chi connectivity index (χ4v) is 0.913. The highest BCUT2D eigenvalue weighted by Gasteiger charge is 2.28. The number of pyridine rings is 1. The van der Waals surface area contributed by atoms with Crippen molar-refractivity contribution >= 4 is 11.5 Å². The van der Waals surface area contributed by atoms with Gasteiger partial charge in [0, 0.05) is 18.2 Å². The monoisotopic (exact) mass is 232 g/mol. The molecule has 16 heavy (non-hydrogen) atoms. The van der Waals surface area contributed by atoms with Gasteiger partial charge in [-0.1, -0.05) is 4.52 Å². The number of fused-ring (bicyclic) bond motifs is 1. The lowest BCUT2D eigenvalue weighted by Crippen LogP contribution is -2.37. The number of aromatic amines is 1. The summed E-state index contributed by atoms with van der Waals surface area (Å²) in [6.45, 7) is 0. The van der Waals surface area contributed by atoms with Gasteiger partial charge in [0.25, 0.3) is 0 Å². The van der Waals surface area contributed by atoms with Crippen molar-refractivity contribution < 1.29 is 27.6 Å². The molecule has 0 saturated carbocycles. The Hall–Kier alpha value is -2.05. The quantitative estimate of drug-likeness (QED) is 0.652. The molecule has 86 valence electrons. The van der Waals surface area contributed by atoms with Crippen LogP contribution in [0.2, 0.25) is 0 Å². The van der Waals surface area contributed by atoms with Crippen molar-refractivity contribution in [2.75, 3.05) is 0 Å². The maximum atomic E-state index is 10.5. The minimum absolute atomic E-state index is 1.19. The molecule has 2 heterocycles. The number of alkyl halides is 3. The molecule has 0 spiro atoms. The number of nitrogens with zero attached hydrogens (tertiary/aromatic N) is 1. The predicted molar refractivity (Wildman–Crippen MR) is 45.0 cm³/mol. The molecule has 0 aliphatic rings. The van der Waals surface area contributed by atoms with E-state index in [4.69, 9.17) is 9.90 Å². The van der Waals surface area contributed by atoms with Gasteiger partial charge in [-0.05, 0) is 6.07 Å². The van der Waals surface area contributed by atoms with Crippen molar-refractivity contribution in [3.8, 4) is 0 Å². The van der Waals surface area contributed by atoms with Gasteiger partial charge in [-0.15, -0.1) is 0 Å². The van der Waals surface area contributed by atoms with E-state index in [0.29, 0.717) is 0 Å². The molecule has 2 rings (SSSR count). The SMILES string of the molecule is O=C([O-])C(F)(F)F.c1cc[n+]2[nH]ccc2c1. The Labute approximate surface area is 87.9 Å². The summed E-state index contributed by atoms with van der Waals surface area (Å²) < 4.78 is 33.5. The third-order valence-electron chi connectivity index (χ3n) is 1.59. The Bertz CT molecular complexity index is 449. The second-order valence-electron chi connectivity index (χ2n) is 2.74. The van der Waals surface area contributed by atoms with Crippen molar-refractivity contribution in [2.45, 2.75) is 6.18 Å². The van der Waals surface area contributed by atoms with Crippen LogP contribution in [-0.4, -0.2) is 17.2 Å². The molecule has 0 fully saturated rings. The molecular weight excluding hydrogens is 225 g/mol. The van der Waals surface area contributed by atoms with Gasteiger partial charge in [-0.3, -0.25) is 0 Å². The third-order valence-corrected chi connectivity index (χ3v) is 1.59. The third kappa shape index (κ3) is 3.26. The van der Waals surface area contributed by atoms with Gasteiger partial charge >= 0.3 is 6.18 Å². The van der Waals surface area contributed by atoms with E-state index in [-0.39, 0.29) is 0 Å². The first-order valence-corrected chi connectivity index (χ1v) is 4.13. The summed E-state index contributed by atoms with van der Waals surface area (Å²) in [4.78, 5) is 8.78. The fraction of sp³-hybridized carbons (Fsp3) is 0.111. The van der Waals surface area contributed by atoms with Crippen molar-refractivity contribution in [1.29, 1.82) is 0 Å². The second-order valence-corrected chi connectivity index (χ2v) is 2.74. The van der Waals surface area contributed by atoms with Crippen LogP contribution in [0.1, 0.15) is 0 Å². The fourth-order valence-electron chi connectivity index (χ4n) is 0.913. The van der Waals surface area contributed by atoms with Crippen LogP contribution in [0.25, 0.3) is 5.52 Å². The molecule has 0 aromatic carbocycles. The number of hydrogen-bond acceptors (Lipinski definition) is 2. The average molecular weight is 232 g/mol. The van der Waals surface area contributed by atoms with Gasteiger partial charge in [-0.25, -0.2) is 0 Å². The van der Waals surface area contributed by atoms with Gasteiger partial charge in [0.2, 0.25) is 5.52 Å². The van der Waals surface area contributed by atoms with E-state index in [1.165, 1.54) is 5.52 Å². The van der Waals surface area contributed by atoms with E-state index in [1.54, 1.807) is 0 Å². The van der Waals surface area contributed by atoms with Crippen molar-refractivity contribution in [1.82, 2.24) is 5.10 Å². The van der Waals surface area contributed by atoms with Gasteiger partial charge in [-0.2, -0.15) is 18.3 Å². The van der Waals surface area contributed by atoms with Gasteiger partial charge in [0.15, 0.2) is 6.20 Å². The zero-order valence-electron chi connectivity index (χ0n) is 7.86. The lowest BCUT2D eigenvalue weighted by Gasteiger charge is -2.03.